The molecule has 1 saturated heterocycles. The number of halogens is 2. The molecular formula is C23H28Cl2N6O4. The molecule has 0 amide bonds. The van der Waals surface area contributed by atoms with E-state index in [0.29, 0.717) is 49.3 Å². The number of fused-ring (bicyclic) bond motifs is 1. The lowest BCUT2D eigenvalue weighted by Crippen LogP contribution is -2.44. The van der Waals surface area contributed by atoms with Crippen molar-refractivity contribution in [2.24, 2.45) is 0 Å². The standard InChI is InChI=1S/C23H26N6O4.2ClH/c30-21-2-1-18-23-28(22(31)12-26-18)14-17(29(21)23)13-27-5-3-15(4-6-27)24-10-16-9-19-20(11-25-16)33-8-7-32-19;;/h1-2,9,11-12,15,17,24H,3-8,10,13-14H2;2*1H/t17-;;/m1../s1. The first-order valence-electron chi connectivity index (χ1n) is 11.5. The third kappa shape index (κ3) is 4.88. The maximum absolute atomic E-state index is 12.6. The van der Waals surface area contributed by atoms with Crippen LogP contribution in [0.4, 0.5) is 0 Å². The van der Waals surface area contributed by atoms with E-state index in [1.54, 1.807) is 27.5 Å². The summed E-state index contributed by atoms with van der Waals surface area (Å²) in [7, 11) is 0. The van der Waals surface area contributed by atoms with Crippen LogP contribution in [-0.2, 0) is 13.1 Å². The molecule has 3 aromatic rings. The van der Waals surface area contributed by atoms with Gasteiger partial charge in [-0.1, -0.05) is 0 Å². The van der Waals surface area contributed by atoms with Crippen molar-refractivity contribution in [2.45, 2.75) is 38.0 Å². The van der Waals surface area contributed by atoms with Crippen LogP contribution in [-0.4, -0.2) is 62.9 Å². The number of rotatable bonds is 5. The molecule has 3 aliphatic heterocycles. The number of likely N-dealkylation sites (tertiary alicyclic amines) is 1. The van der Waals surface area contributed by atoms with E-state index in [2.05, 4.69) is 20.2 Å². The van der Waals surface area contributed by atoms with Gasteiger partial charge in [0, 0.05) is 37.8 Å². The number of pyridine rings is 2. The molecule has 10 nitrogen and oxygen atoms in total. The predicted molar refractivity (Wildman–Crippen MR) is 135 cm³/mol. The van der Waals surface area contributed by atoms with E-state index in [1.807, 2.05) is 6.07 Å². The number of nitrogens with zero attached hydrogens (tertiary/aromatic N) is 5. The summed E-state index contributed by atoms with van der Waals surface area (Å²) >= 11 is 0. The molecule has 35 heavy (non-hydrogen) atoms. The molecule has 0 bridgehead atoms. The maximum atomic E-state index is 12.6. The number of piperidine rings is 1. The zero-order valence-corrected chi connectivity index (χ0v) is 20.7. The normalized spacial score (nSPS) is 19.3. The van der Waals surface area contributed by atoms with Crippen LogP contribution in [0.1, 0.15) is 24.6 Å². The fourth-order valence-electron chi connectivity index (χ4n) is 5.11. The summed E-state index contributed by atoms with van der Waals surface area (Å²) in [5, 5.41) is 3.61. The Bertz CT molecular complexity index is 1320. The quantitative estimate of drug-likeness (QED) is 0.535. The molecule has 1 fully saturated rings. The van der Waals surface area contributed by atoms with Crippen molar-refractivity contribution in [3.8, 4) is 11.5 Å². The van der Waals surface area contributed by atoms with Gasteiger partial charge in [0.05, 0.1) is 24.1 Å². The van der Waals surface area contributed by atoms with Gasteiger partial charge in [0.1, 0.15) is 24.4 Å². The van der Waals surface area contributed by atoms with Gasteiger partial charge >= 0.3 is 0 Å². The molecule has 3 aromatic heterocycles. The van der Waals surface area contributed by atoms with Crippen molar-refractivity contribution in [2.75, 3.05) is 32.8 Å². The maximum Gasteiger partial charge on any atom is 0.270 e. The molecule has 6 heterocycles. The Morgan fingerprint density at radius 1 is 0.971 bits per heavy atom. The van der Waals surface area contributed by atoms with Gasteiger partial charge in [-0.15, -0.1) is 24.8 Å². The first-order chi connectivity index (χ1) is 16.2. The highest BCUT2D eigenvalue weighted by Crippen LogP contribution is 2.29. The summed E-state index contributed by atoms with van der Waals surface area (Å²) in [5.41, 5.74) is 2.04. The van der Waals surface area contributed by atoms with Crippen molar-refractivity contribution < 1.29 is 9.47 Å². The third-order valence-corrected chi connectivity index (χ3v) is 6.79. The third-order valence-electron chi connectivity index (χ3n) is 6.79. The second-order valence-electron chi connectivity index (χ2n) is 8.89. The molecule has 0 spiro atoms. The summed E-state index contributed by atoms with van der Waals surface area (Å²) in [5.74, 6) is 1.47. The molecule has 188 valence electrons. The van der Waals surface area contributed by atoms with Crippen molar-refractivity contribution in [3.05, 3.63) is 57.0 Å². The van der Waals surface area contributed by atoms with Crippen LogP contribution >= 0.6 is 24.8 Å². The summed E-state index contributed by atoms with van der Waals surface area (Å²) in [6, 6.07) is 5.55. The molecule has 0 aliphatic carbocycles. The van der Waals surface area contributed by atoms with Crippen molar-refractivity contribution in [1.82, 2.24) is 29.3 Å². The van der Waals surface area contributed by atoms with Crippen LogP contribution in [0.15, 0.2) is 40.2 Å². The molecule has 0 unspecified atom stereocenters. The zero-order valence-electron chi connectivity index (χ0n) is 19.1. The molecule has 12 heteroatoms. The topological polar surface area (TPSA) is 104 Å². The molecular weight excluding hydrogens is 495 g/mol. The number of aromatic nitrogens is 4. The molecule has 6 rings (SSSR count). The summed E-state index contributed by atoms with van der Waals surface area (Å²) in [6.45, 7) is 4.97. The average molecular weight is 523 g/mol. The van der Waals surface area contributed by atoms with Gasteiger partial charge in [-0.05, 0) is 32.0 Å². The minimum absolute atomic E-state index is 0. The monoisotopic (exact) mass is 522 g/mol. The molecule has 0 saturated carbocycles. The minimum atomic E-state index is -0.153. The Balaban J connectivity index is 0.00000144. The highest BCUT2D eigenvalue weighted by Gasteiger charge is 2.29. The number of ether oxygens (including phenoxy) is 2. The Kier molecular flexibility index (Phi) is 7.65. The van der Waals surface area contributed by atoms with E-state index >= 15 is 0 Å². The van der Waals surface area contributed by atoms with Gasteiger partial charge in [0.15, 0.2) is 11.5 Å². The Labute approximate surface area is 214 Å². The van der Waals surface area contributed by atoms with Crippen LogP contribution in [0.3, 0.4) is 0 Å². The average Bonchev–Trinajstić information content (AvgIpc) is 3.23. The van der Waals surface area contributed by atoms with Gasteiger partial charge in [-0.25, -0.2) is 4.98 Å². The van der Waals surface area contributed by atoms with E-state index in [0.717, 1.165) is 43.9 Å². The van der Waals surface area contributed by atoms with Crippen molar-refractivity contribution in [1.29, 1.82) is 0 Å². The SMILES string of the molecule is Cl.Cl.O=c1cnc2ccc(=O)n3c2n1C[C@H]3CN1CCC(NCc2cc3c(cn2)OCCO3)CC1. The molecule has 1 N–H and O–H groups in total. The Morgan fingerprint density at radius 2 is 1.74 bits per heavy atom. The second kappa shape index (κ2) is 10.5. The second-order valence-corrected chi connectivity index (χ2v) is 8.89. The first kappa shape index (κ1) is 25.4. The van der Waals surface area contributed by atoms with Gasteiger partial charge in [-0.3, -0.25) is 23.7 Å². The van der Waals surface area contributed by atoms with Gasteiger partial charge in [-0.2, -0.15) is 0 Å². The summed E-state index contributed by atoms with van der Waals surface area (Å²) in [6.07, 6.45) is 5.11. The number of hydrogen-bond acceptors (Lipinski definition) is 8. The van der Waals surface area contributed by atoms with Gasteiger partial charge in [0.25, 0.3) is 11.1 Å². The van der Waals surface area contributed by atoms with Crippen LogP contribution < -0.4 is 25.9 Å². The van der Waals surface area contributed by atoms with Gasteiger partial charge < -0.3 is 19.7 Å². The fourth-order valence-corrected chi connectivity index (χ4v) is 5.11. The fraction of sp³-hybridized carbons (Fsp3) is 0.478. The number of hydrogen-bond donors (Lipinski definition) is 1. The summed E-state index contributed by atoms with van der Waals surface area (Å²) in [4.78, 5) is 36.0. The lowest BCUT2D eigenvalue weighted by molar-refractivity contribution is 0.168. The van der Waals surface area contributed by atoms with E-state index in [4.69, 9.17) is 9.47 Å². The molecule has 3 aliphatic rings. The minimum Gasteiger partial charge on any atom is -0.486 e. The molecule has 1 atom stereocenters. The van der Waals surface area contributed by atoms with Crippen LogP contribution in [0.25, 0.3) is 11.2 Å². The van der Waals surface area contributed by atoms with E-state index in [-0.39, 0.29) is 42.0 Å². The van der Waals surface area contributed by atoms with E-state index in [9.17, 15) is 9.59 Å². The Morgan fingerprint density at radius 3 is 2.54 bits per heavy atom. The van der Waals surface area contributed by atoms with E-state index < -0.39 is 0 Å². The zero-order chi connectivity index (χ0) is 22.4. The highest BCUT2D eigenvalue weighted by molar-refractivity contribution is 5.85. The van der Waals surface area contributed by atoms with Crippen LogP contribution in [0.2, 0.25) is 0 Å². The molecule has 0 aromatic carbocycles. The van der Waals surface area contributed by atoms with Gasteiger partial charge in [0.2, 0.25) is 0 Å². The largest absolute Gasteiger partial charge is 0.486 e. The first-order valence-corrected chi connectivity index (χ1v) is 11.5. The molecule has 0 radical (unpaired) electrons. The highest BCUT2D eigenvalue weighted by atomic mass is 35.5. The van der Waals surface area contributed by atoms with Crippen molar-refractivity contribution >= 4 is 36.0 Å². The van der Waals surface area contributed by atoms with Crippen molar-refractivity contribution in [3.63, 3.8) is 0 Å². The number of nitrogens with one attached hydrogen (secondary N) is 1. The lowest BCUT2D eigenvalue weighted by atomic mass is 10.0. The van der Waals surface area contributed by atoms with Crippen LogP contribution in [0.5, 0.6) is 11.5 Å². The van der Waals surface area contributed by atoms with E-state index in [1.165, 1.54) is 6.20 Å². The predicted octanol–water partition coefficient (Wildman–Crippen LogP) is 1.38. The lowest BCUT2D eigenvalue weighted by Gasteiger charge is -2.34. The van der Waals surface area contributed by atoms with Crippen LogP contribution in [0, 0.1) is 0 Å². The summed E-state index contributed by atoms with van der Waals surface area (Å²) < 4.78 is 14.6. The Hall–Kier alpha value is -2.66. The smallest absolute Gasteiger partial charge is 0.270 e.